The van der Waals surface area contributed by atoms with Crippen LogP contribution in [0, 0.1) is 5.82 Å². The minimum atomic E-state index is -4.43. The smallest absolute Gasteiger partial charge is 0.398 e. The van der Waals surface area contributed by atoms with Crippen molar-refractivity contribution in [1.82, 2.24) is 0 Å². The molecular formula is C14H10ClF4NS. The predicted octanol–water partition coefficient (Wildman–Crippen LogP) is 5.37. The van der Waals surface area contributed by atoms with Crippen LogP contribution in [-0.2, 0) is 11.9 Å². The maximum atomic E-state index is 13.5. The van der Waals surface area contributed by atoms with Crippen molar-refractivity contribution in [3.63, 3.8) is 0 Å². The molecule has 0 saturated heterocycles. The van der Waals surface area contributed by atoms with Gasteiger partial charge in [0.25, 0.3) is 0 Å². The van der Waals surface area contributed by atoms with E-state index in [-0.39, 0.29) is 11.4 Å². The van der Waals surface area contributed by atoms with Gasteiger partial charge in [0.15, 0.2) is 0 Å². The molecule has 112 valence electrons. The van der Waals surface area contributed by atoms with Crippen LogP contribution in [0.5, 0.6) is 0 Å². The zero-order valence-electron chi connectivity index (χ0n) is 10.5. The summed E-state index contributed by atoms with van der Waals surface area (Å²) in [4.78, 5) is 0.461. The van der Waals surface area contributed by atoms with Crippen molar-refractivity contribution in [2.45, 2.75) is 16.8 Å². The summed E-state index contributed by atoms with van der Waals surface area (Å²) in [6.45, 7) is 0. The minimum absolute atomic E-state index is 0.0114. The van der Waals surface area contributed by atoms with Crippen LogP contribution in [0.4, 0.5) is 23.2 Å². The van der Waals surface area contributed by atoms with E-state index in [0.29, 0.717) is 15.5 Å². The Labute approximate surface area is 128 Å². The maximum Gasteiger partial charge on any atom is 0.416 e. The van der Waals surface area contributed by atoms with Gasteiger partial charge in [-0.25, -0.2) is 4.39 Å². The lowest BCUT2D eigenvalue weighted by atomic mass is 10.2. The molecule has 0 aromatic heterocycles. The molecule has 0 fully saturated rings. The van der Waals surface area contributed by atoms with Crippen LogP contribution in [0.25, 0.3) is 0 Å². The van der Waals surface area contributed by atoms with Crippen LogP contribution in [0.2, 0.25) is 5.02 Å². The standard InChI is InChI=1S/C14H10ClF4NS/c15-10-2-3-11(16)8(5-10)7-21-13-4-1-9(6-12(13)20)14(17,18)19/h1-6H,7,20H2. The second-order valence-electron chi connectivity index (χ2n) is 4.27. The van der Waals surface area contributed by atoms with E-state index in [2.05, 4.69) is 0 Å². The van der Waals surface area contributed by atoms with Crippen LogP contribution in [0.15, 0.2) is 41.3 Å². The van der Waals surface area contributed by atoms with Gasteiger partial charge in [-0.3, -0.25) is 0 Å². The highest BCUT2D eigenvalue weighted by Gasteiger charge is 2.30. The average molecular weight is 336 g/mol. The third-order valence-corrected chi connectivity index (χ3v) is 4.10. The molecule has 7 heteroatoms. The van der Waals surface area contributed by atoms with Gasteiger partial charge in [0.1, 0.15) is 5.82 Å². The topological polar surface area (TPSA) is 26.0 Å². The van der Waals surface area contributed by atoms with Crippen molar-refractivity contribution in [2.75, 3.05) is 5.73 Å². The Morgan fingerprint density at radius 2 is 1.81 bits per heavy atom. The maximum absolute atomic E-state index is 13.5. The first kappa shape index (κ1) is 16.0. The van der Waals surface area contributed by atoms with Crippen molar-refractivity contribution in [2.24, 2.45) is 0 Å². The summed E-state index contributed by atoms with van der Waals surface area (Å²) in [5.74, 6) is -0.195. The second kappa shape index (κ2) is 6.15. The van der Waals surface area contributed by atoms with Crippen LogP contribution >= 0.6 is 23.4 Å². The van der Waals surface area contributed by atoms with Gasteiger partial charge in [-0.2, -0.15) is 13.2 Å². The number of nitrogens with two attached hydrogens (primary N) is 1. The molecule has 2 rings (SSSR count). The van der Waals surface area contributed by atoms with Gasteiger partial charge in [-0.1, -0.05) is 11.6 Å². The van der Waals surface area contributed by atoms with Gasteiger partial charge in [0.05, 0.1) is 5.56 Å². The van der Waals surface area contributed by atoms with Gasteiger partial charge in [-0.15, -0.1) is 11.8 Å². The molecule has 0 saturated carbocycles. The molecule has 2 N–H and O–H groups in total. The third-order valence-electron chi connectivity index (χ3n) is 2.73. The SMILES string of the molecule is Nc1cc(C(F)(F)F)ccc1SCc1cc(Cl)ccc1F. The summed E-state index contributed by atoms with van der Waals surface area (Å²) in [7, 11) is 0. The Bertz CT molecular complexity index is 658. The Morgan fingerprint density at radius 1 is 1.10 bits per heavy atom. The number of anilines is 1. The number of halogens is 5. The summed E-state index contributed by atoms with van der Waals surface area (Å²) in [5.41, 5.74) is 5.18. The van der Waals surface area contributed by atoms with E-state index in [0.717, 1.165) is 23.9 Å². The molecule has 0 atom stereocenters. The molecule has 2 aromatic rings. The molecule has 0 aliphatic carbocycles. The third kappa shape index (κ3) is 4.04. The van der Waals surface area contributed by atoms with E-state index in [1.54, 1.807) is 0 Å². The number of nitrogen functional groups attached to an aromatic ring is 1. The largest absolute Gasteiger partial charge is 0.416 e. The zero-order chi connectivity index (χ0) is 15.6. The lowest BCUT2D eigenvalue weighted by molar-refractivity contribution is -0.137. The summed E-state index contributed by atoms with van der Waals surface area (Å²) in [6, 6.07) is 7.25. The Morgan fingerprint density at radius 3 is 2.43 bits per heavy atom. The second-order valence-corrected chi connectivity index (χ2v) is 5.73. The number of hydrogen-bond acceptors (Lipinski definition) is 2. The van der Waals surface area contributed by atoms with Crippen LogP contribution in [0.3, 0.4) is 0 Å². The minimum Gasteiger partial charge on any atom is -0.398 e. The lowest BCUT2D eigenvalue weighted by Crippen LogP contribution is -2.05. The molecule has 0 aliphatic rings. The zero-order valence-corrected chi connectivity index (χ0v) is 12.1. The van der Waals surface area contributed by atoms with Gasteiger partial charge in [0, 0.05) is 21.4 Å². The first-order valence-corrected chi connectivity index (χ1v) is 7.17. The van der Waals surface area contributed by atoms with Gasteiger partial charge in [-0.05, 0) is 42.0 Å². The van der Waals surface area contributed by atoms with Gasteiger partial charge < -0.3 is 5.73 Å². The molecule has 0 radical (unpaired) electrons. The van der Waals surface area contributed by atoms with E-state index in [1.165, 1.54) is 24.3 Å². The van der Waals surface area contributed by atoms with E-state index in [9.17, 15) is 17.6 Å². The first-order chi connectivity index (χ1) is 9.77. The number of rotatable bonds is 3. The fourth-order valence-corrected chi connectivity index (χ4v) is 2.78. The van der Waals surface area contributed by atoms with Gasteiger partial charge in [0.2, 0.25) is 0 Å². The number of benzene rings is 2. The predicted molar refractivity (Wildman–Crippen MR) is 76.8 cm³/mol. The summed E-state index contributed by atoms with van der Waals surface area (Å²) >= 11 is 6.93. The average Bonchev–Trinajstić information content (AvgIpc) is 2.40. The molecule has 0 amide bonds. The number of thioether (sulfide) groups is 1. The highest BCUT2D eigenvalue weighted by Crippen LogP contribution is 2.35. The Balaban J connectivity index is 2.15. The lowest BCUT2D eigenvalue weighted by Gasteiger charge is -2.11. The quantitative estimate of drug-likeness (QED) is 0.463. The molecular weight excluding hydrogens is 326 g/mol. The van der Waals surface area contributed by atoms with E-state index >= 15 is 0 Å². The van der Waals surface area contributed by atoms with Crippen LogP contribution in [-0.4, -0.2) is 0 Å². The summed E-state index contributed by atoms with van der Waals surface area (Å²) in [6.07, 6.45) is -4.43. The fourth-order valence-electron chi connectivity index (χ4n) is 1.67. The molecule has 0 spiro atoms. The Kier molecular flexibility index (Phi) is 4.68. The van der Waals surface area contributed by atoms with Crippen molar-refractivity contribution in [3.05, 3.63) is 58.4 Å². The molecule has 0 aliphatic heterocycles. The molecule has 0 unspecified atom stereocenters. The molecule has 21 heavy (non-hydrogen) atoms. The fraction of sp³-hybridized carbons (Fsp3) is 0.143. The highest BCUT2D eigenvalue weighted by atomic mass is 35.5. The number of alkyl halides is 3. The van der Waals surface area contributed by atoms with Crippen LogP contribution < -0.4 is 5.73 Å². The molecule has 0 bridgehead atoms. The van der Waals surface area contributed by atoms with Crippen molar-refractivity contribution < 1.29 is 17.6 Å². The summed E-state index contributed by atoms with van der Waals surface area (Å²) in [5, 5.41) is 0.396. The number of hydrogen-bond donors (Lipinski definition) is 1. The van der Waals surface area contributed by atoms with Crippen molar-refractivity contribution in [3.8, 4) is 0 Å². The highest BCUT2D eigenvalue weighted by molar-refractivity contribution is 7.98. The summed E-state index contributed by atoms with van der Waals surface area (Å²) < 4.78 is 51.1. The molecule has 0 heterocycles. The monoisotopic (exact) mass is 335 g/mol. The Hall–Kier alpha value is -1.40. The van der Waals surface area contributed by atoms with Crippen molar-refractivity contribution >= 4 is 29.1 Å². The van der Waals surface area contributed by atoms with Crippen molar-refractivity contribution in [1.29, 1.82) is 0 Å². The van der Waals surface area contributed by atoms with Gasteiger partial charge >= 0.3 is 6.18 Å². The molecule has 2 aromatic carbocycles. The van der Waals surface area contributed by atoms with E-state index < -0.39 is 17.6 Å². The van der Waals surface area contributed by atoms with E-state index in [1.807, 2.05) is 0 Å². The van der Waals surface area contributed by atoms with Crippen LogP contribution in [0.1, 0.15) is 11.1 Å². The van der Waals surface area contributed by atoms with E-state index in [4.69, 9.17) is 17.3 Å². The first-order valence-electron chi connectivity index (χ1n) is 5.81. The normalized spacial score (nSPS) is 11.7. The molecule has 1 nitrogen and oxygen atoms in total.